The van der Waals surface area contributed by atoms with E-state index in [9.17, 15) is 4.79 Å². The minimum atomic E-state index is -0.726. The largest absolute Gasteiger partial charge is 0.480 e. The maximum Gasteiger partial charge on any atom is 0.321 e. The molecule has 0 saturated carbocycles. The lowest BCUT2D eigenvalue weighted by Crippen LogP contribution is -2.46. The maximum atomic E-state index is 11.1. The first kappa shape index (κ1) is 11.5. The van der Waals surface area contributed by atoms with Gasteiger partial charge in [-0.2, -0.15) is 16.9 Å². The number of aliphatic carboxylic acids is 1. The second-order valence-corrected chi connectivity index (χ2v) is 5.07. The molecule has 1 aromatic heterocycles. The van der Waals surface area contributed by atoms with E-state index in [4.69, 9.17) is 5.11 Å². The van der Waals surface area contributed by atoms with E-state index in [1.165, 1.54) is 0 Å². The molecule has 0 aromatic carbocycles. The van der Waals surface area contributed by atoms with Gasteiger partial charge in [0.15, 0.2) is 0 Å². The Morgan fingerprint density at radius 1 is 1.75 bits per heavy atom. The summed E-state index contributed by atoms with van der Waals surface area (Å²) in [7, 11) is 1.87. The fraction of sp³-hybridized carbons (Fsp3) is 0.600. The maximum absolute atomic E-state index is 11.1. The molecule has 1 unspecified atom stereocenters. The van der Waals surface area contributed by atoms with Gasteiger partial charge in [-0.3, -0.25) is 14.4 Å². The van der Waals surface area contributed by atoms with Gasteiger partial charge in [0.25, 0.3) is 0 Å². The SMILES string of the molecule is Cn1cc(CN2CCSCC2C(=O)O)cn1. The molecule has 0 amide bonds. The summed E-state index contributed by atoms with van der Waals surface area (Å²) in [5.74, 6) is 0.954. The molecule has 0 spiro atoms. The van der Waals surface area contributed by atoms with Crippen LogP contribution in [-0.4, -0.2) is 49.8 Å². The van der Waals surface area contributed by atoms with Gasteiger partial charge >= 0.3 is 5.97 Å². The average Bonchev–Trinajstić information content (AvgIpc) is 2.64. The Bertz CT molecular complexity index is 380. The Hall–Kier alpha value is -1.01. The van der Waals surface area contributed by atoms with Crippen molar-refractivity contribution in [2.75, 3.05) is 18.1 Å². The quantitative estimate of drug-likeness (QED) is 0.831. The third-order valence-electron chi connectivity index (χ3n) is 2.67. The Kier molecular flexibility index (Phi) is 3.50. The highest BCUT2D eigenvalue weighted by atomic mass is 32.2. The lowest BCUT2D eigenvalue weighted by atomic mass is 10.2. The van der Waals surface area contributed by atoms with Gasteiger partial charge in [-0.15, -0.1) is 0 Å². The Balaban J connectivity index is 2.03. The van der Waals surface area contributed by atoms with Gasteiger partial charge in [-0.25, -0.2) is 0 Å². The van der Waals surface area contributed by atoms with E-state index in [1.807, 2.05) is 18.1 Å². The standard InChI is InChI=1S/C10H15N3O2S/c1-12-5-8(4-11-12)6-13-2-3-16-7-9(13)10(14)15/h4-5,9H,2-3,6-7H2,1H3,(H,14,15). The molecule has 0 bridgehead atoms. The lowest BCUT2D eigenvalue weighted by Gasteiger charge is -2.32. The van der Waals surface area contributed by atoms with Gasteiger partial charge in [0.2, 0.25) is 0 Å². The summed E-state index contributed by atoms with van der Waals surface area (Å²) in [6.45, 7) is 1.50. The first-order valence-corrected chi connectivity index (χ1v) is 6.34. The highest BCUT2D eigenvalue weighted by Crippen LogP contribution is 2.18. The summed E-state index contributed by atoms with van der Waals surface area (Å²) in [5, 5.41) is 13.2. The Labute approximate surface area is 98.4 Å². The van der Waals surface area contributed by atoms with Gasteiger partial charge < -0.3 is 5.11 Å². The monoisotopic (exact) mass is 241 g/mol. The van der Waals surface area contributed by atoms with Crippen LogP contribution in [0.1, 0.15) is 5.56 Å². The van der Waals surface area contributed by atoms with Crippen molar-refractivity contribution >= 4 is 17.7 Å². The Morgan fingerprint density at radius 2 is 2.56 bits per heavy atom. The molecular weight excluding hydrogens is 226 g/mol. The molecule has 1 aromatic rings. The van der Waals surface area contributed by atoms with Crippen LogP contribution in [-0.2, 0) is 18.4 Å². The number of nitrogens with zero attached hydrogens (tertiary/aromatic N) is 3. The zero-order valence-electron chi connectivity index (χ0n) is 9.17. The molecule has 2 heterocycles. The molecule has 6 heteroatoms. The number of carbonyl (C=O) groups is 1. The molecule has 0 radical (unpaired) electrons. The van der Waals surface area contributed by atoms with E-state index in [2.05, 4.69) is 5.10 Å². The zero-order valence-corrected chi connectivity index (χ0v) is 9.98. The minimum Gasteiger partial charge on any atom is -0.480 e. The number of hydrogen-bond acceptors (Lipinski definition) is 4. The summed E-state index contributed by atoms with van der Waals surface area (Å²) < 4.78 is 1.74. The van der Waals surface area contributed by atoms with Gasteiger partial charge in [0.05, 0.1) is 6.20 Å². The van der Waals surface area contributed by atoms with Crippen molar-refractivity contribution in [3.63, 3.8) is 0 Å². The van der Waals surface area contributed by atoms with Crippen molar-refractivity contribution in [2.24, 2.45) is 7.05 Å². The molecule has 1 aliphatic rings. The predicted molar refractivity (Wildman–Crippen MR) is 62.4 cm³/mol. The average molecular weight is 241 g/mol. The van der Waals surface area contributed by atoms with Crippen LogP contribution in [0.4, 0.5) is 0 Å². The first-order chi connectivity index (χ1) is 7.66. The highest BCUT2D eigenvalue weighted by molar-refractivity contribution is 7.99. The number of rotatable bonds is 3. The van der Waals surface area contributed by atoms with E-state index >= 15 is 0 Å². The van der Waals surface area contributed by atoms with Gasteiger partial charge in [0.1, 0.15) is 6.04 Å². The molecule has 1 atom stereocenters. The molecular formula is C10H15N3O2S. The minimum absolute atomic E-state index is 0.362. The normalized spacial score (nSPS) is 22.2. The number of hydrogen-bond donors (Lipinski definition) is 1. The number of aromatic nitrogens is 2. The smallest absolute Gasteiger partial charge is 0.321 e. The summed E-state index contributed by atoms with van der Waals surface area (Å²) >= 11 is 1.71. The van der Waals surface area contributed by atoms with Crippen molar-refractivity contribution < 1.29 is 9.90 Å². The first-order valence-electron chi connectivity index (χ1n) is 5.19. The third kappa shape index (κ3) is 2.56. The van der Waals surface area contributed by atoms with E-state index in [1.54, 1.807) is 22.6 Å². The van der Waals surface area contributed by atoms with Gasteiger partial charge in [-0.05, 0) is 0 Å². The molecule has 5 nitrogen and oxygen atoms in total. The molecule has 0 aliphatic carbocycles. The van der Waals surface area contributed by atoms with Crippen molar-refractivity contribution in [2.45, 2.75) is 12.6 Å². The van der Waals surface area contributed by atoms with Crippen LogP contribution in [0.15, 0.2) is 12.4 Å². The fourth-order valence-electron chi connectivity index (χ4n) is 1.84. The fourth-order valence-corrected chi connectivity index (χ4v) is 2.95. The van der Waals surface area contributed by atoms with Crippen LogP contribution >= 0.6 is 11.8 Å². The van der Waals surface area contributed by atoms with Crippen LogP contribution in [0.2, 0.25) is 0 Å². The van der Waals surface area contributed by atoms with E-state index < -0.39 is 5.97 Å². The number of aryl methyl sites for hydroxylation is 1. The molecule has 88 valence electrons. The number of thioether (sulfide) groups is 1. The molecule has 1 saturated heterocycles. The van der Waals surface area contributed by atoms with Crippen LogP contribution in [0.25, 0.3) is 0 Å². The molecule has 2 rings (SSSR count). The topological polar surface area (TPSA) is 58.4 Å². The number of carboxylic acid groups (broad SMARTS) is 1. The van der Waals surface area contributed by atoms with E-state index in [0.29, 0.717) is 12.3 Å². The predicted octanol–water partition coefficient (Wildman–Crippen LogP) is 0.422. The van der Waals surface area contributed by atoms with Gasteiger partial charge in [-0.1, -0.05) is 0 Å². The van der Waals surface area contributed by atoms with Crippen LogP contribution in [0.5, 0.6) is 0 Å². The van der Waals surface area contributed by atoms with Crippen molar-refractivity contribution in [3.05, 3.63) is 18.0 Å². The lowest BCUT2D eigenvalue weighted by molar-refractivity contribution is -0.142. The van der Waals surface area contributed by atoms with Crippen molar-refractivity contribution in [3.8, 4) is 0 Å². The molecule has 1 N–H and O–H groups in total. The molecule has 16 heavy (non-hydrogen) atoms. The van der Waals surface area contributed by atoms with Crippen LogP contribution in [0, 0.1) is 0 Å². The van der Waals surface area contributed by atoms with Crippen molar-refractivity contribution in [1.29, 1.82) is 0 Å². The highest BCUT2D eigenvalue weighted by Gasteiger charge is 2.28. The second-order valence-electron chi connectivity index (χ2n) is 3.92. The van der Waals surface area contributed by atoms with Gasteiger partial charge in [0, 0.05) is 43.4 Å². The van der Waals surface area contributed by atoms with E-state index in [-0.39, 0.29) is 6.04 Å². The summed E-state index contributed by atoms with van der Waals surface area (Å²) in [6.07, 6.45) is 3.72. The summed E-state index contributed by atoms with van der Waals surface area (Å²) in [6, 6.07) is -0.362. The zero-order chi connectivity index (χ0) is 11.5. The second kappa shape index (κ2) is 4.88. The Morgan fingerprint density at radius 3 is 3.19 bits per heavy atom. The van der Waals surface area contributed by atoms with E-state index in [0.717, 1.165) is 17.9 Å². The molecule has 1 aliphatic heterocycles. The third-order valence-corrected chi connectivity index (χ3v) is 3.69. The van der Waals surface area contributed by atoms with Crippen LogP contribution < -0.4 is 0 Å². The molecule has 1 fully saturated rings. The summed E-state index contributed by atoms with van der Waals surface area (Å²) in [4.78, 5) is 13.1. The summed E-state index contributed by atoms with van der Waals surface area (Å²) in [5.41, 5.74) is 1.07. The van der Waals surface area contributed by atoms with Crippen LogP contribution in [0.3, 0.4) is 0 Å². The number of carboxylic acids is 1. The van der Waals surface area contributed by atoms with Crippen molar-refractivity contribution in [1.82, 2.24) is 14.7 Å².